The van der Waals surface area contributed by atoms with Gasteiger partial charge in [-0.2, -0.15) is 0 Å². The third-order valence-electron chi connectivity index (χ3n) is 3.08. The van der Waals surface area contributed by atoms with Gasteiger partial charge in [0.05, 0.1) is 18.7 Å². The third kappa shape index (κ3) is 3.71. The van der Waals surface area contributed by atoms with Crippen LogP contribution in [0.5, 0.6) is 5.75 Å². The second-order valence-corrected chi connectivity index (χ2v) is 5.42. The predicted molar refractivity (Wildman–Crippen MR) is 82.9 cm³/mol. The molecule has 0 saturated heterocycles. The van der Waals surface area contributed by atoms with Gasteiger partial charge in [0.2, 0.25) is 0 Å². The molecule has 1 heterocycles. The lowest BCUT2D eigenvalue weighted by atomic mass is 10.1. The lowest BCUT2D eigenvalue weighted by Gasteiger charge is -2.13. The Balaban J connectivity index is 2.10. The fourth-order valence-corrected chi connectivity index (χ4v) is 2.60. The van der Waals surface area contributed by atoms with Gasteiger partial charge in [-0.3, -0.25) is 0 Å². The second kappa shape index (κ2) is 7.05. The number of nitrogens with one attached hydrogen (secondary N) is 1. The zero-order chi connectivity index (χ0) is 15.2. The van der Waals surface area contributed by atoms with E-state index in [1.165, 1.54) is 0 Å². The summed E-state index contributed by atoms with van der Waals surface area (Å²) in [6.07, 6.45) is 1.79. The molecular formula is C14H18N4O2S. The Labute approximate surface area is 127 Å². The third-order valence-corrected chi connectivity index (χ3v) is 4.04. The maximum absolute atomic E-state index is 8.83. The maximum atomic E-state index is 8.83. The van der Waals surface area contributed by atoms with Crippen LogP contribution in [0.25, 0.3) is 0 Å². The Bertz CT molecular complexity index is 613. The summed E-state index contributed by atoms with van der Waals surface area (Å²) in [5.74, 6) is 0.601. The van der Waals surface area contributed by atoms with Crippen LogP contribution in [0.1, 0.15) is 29.1 Å². The van der Waals surface area contributed by atoms with Gasteiger partial charge < -0.3 is 21.0 Å². The van der Waals surface area contributed by atoms with Gasteiger partial charge in [-0.1, -0.05) is 11.2 Å². The lowest BCUT2D eigenvalue weighted by molar-refractivity contribution is 0.318. The number of rotatable bonds is 6. The van der Waals surface area contributed by atoms with Gasteiger partial charge in [0.25, 0.3) is 0 Å². The highest BCUT2D eigenvalue weighted by Gasteiger charge is 2.11. The van der Waals surface area contributed by atoms with Gasteiger partial charge in [-0.15, -0.1) is 11.3 Å². The molecule has 112 valence electrons. The van der Waals surface area contributed by atoms with Crippen LogP contribution in [-0.2, 0) is 6.54 Å². The largest absolute Gasteiger partial charge is 0.496 e. The van der Waals surface area contributed by atoms with Crippen molar-refractivity contribution in [2.75, 3.05) is 7.11 Å². The first kappa shape index (κ1) is 15.3. The highest BCUT2D eigenvalue weighted by Crippen LogP contribution is 2.21. The van der Waals surface area contributed by atoms with Crippen molar-refractivity contribution in [3.63, 3.8) is 0 Å². The molecule has 1 aromatic heterocycles. The number of thiazole rings is 1. The van der Waals surface area contributed by atoms with Crippen LogP contribution in [0.4, 0.5) is 0 Å². The minimum atomic E-state index is 0.0293. The molecule has 0 aliphatic carbocycles. The molecule has 4 N–H and O–H groups in total. The first-order chi connectivity index (χ1) is 10.2. The molecule has 0 amide bonds. The zero-order valence-corrected chi connectivity index (χ0v) is 12.7. The number of ether oxygens (including phenoxy) is 1. The van der Waals surface area contributed by atoms with E-state index in [9.17, 15) is 0 Å². The summed E-state index contributed by atoms with van der Waals surface area (Å²) < 4.78 is 5.21. The van der Waals surface area contributed by atoms with Crippen LogP contribution in [0.15, 0.2) is 34.9 Å². The Hall–Kier alpha value is -2.12. The van der Waals surface area contributed by atoms with Crippen LogP contribution in [0, 0.1) is 0 Å². The fourth-order valence-electron chi connectivity index (χ4n) is 1.93. The first-order valence-corrected chi connectivity index (χ1v) is 7.31. The van der Waals surface area contributed by atoms with Crippen molar-refractivity contribution in [2.45, 2.75) is 19.5 Å². The standard InChI is InChI=1S/C14H18N4O2S/c1-9(14-16-5-6-21-14)17-8-10-3-4-12(20-2)11(7-10)13(15)18-19/h3-7,9,17,19H,8H2,1-2H3,(H2,15,18). The van der Waals surface area contributed by atoms with Gasteiger partial charge in [-0.25, -0.2) is 4.98 Å². The van der Waals surface area contributed by atoms with Gasteiger partial charge in [0, 0.05) is 18.1 Å². The molecule has 0 aliphatic rings. The number of hydrogen-bond acceptors (Lipinski definition) is 6. The van der Waals surface area contributed by atoms with Crippen LogP contribution < -0.4 is 15.8 Å². The number of nitrogens with zero attached hydrogens (tertiary/aromatic N) is 2. The van der Waals surface area contributed by atoms with E-state index in [2.05, 4.69) is 22.4 Å². The Morgan fingerprint density at radius 3 is 3.00 bits per heavy atom. The monoisotopic (exact) mass is 306 g/mol. The van der Waals surface area contributed by atoms with Crippen LogP contribution >= 0.6 is 11.3 Å². The summed E-state index contributed by atoms with van der Waals surface area (Å²) in [5.41, 5.74) is 7.25. The van der Waals surface area contributed by atoms with Crippen molar-refractivity contribution in [3.05, 3.63) is 45.9 Å². The predicted octanol–water partition coefficient (Wildman–Crippen LogP) is 2.10. The van der Waals surface area contributed by atoms with Crippen molar-refractivity contribution >= 4 is 17.2 Å². The smallest absolute Gasteiger partial charge is 0.173 e. The van der Waals surface area contributed by atoms with Crippen molar-refractivity contribution in [1.29, 1.82) is 0 Å². The summed E-state index contributed by atoms with van der Waals surface area (Å²) >= 11 is 1.62. The van der Waals surface area contributed by atoms with Gasteiger partial charge in [0.1, 0.15) is 10.8 Å². The average Bonchev–Trinajstić information content (AvgIpc) is 3.06. The summed E-state index contributed by atoms with van der Waals surface area (Å²) in [6, 6.07) is 5.75. The van der Waals surface area contributed by atoms with Gasteiger partial charge in [0.15, 0.2) is 5.84 Å². The summed E-state index contributed by atoms with van der Waals surface area (Å²) in [7, 11) is 1.55. The molecule has 7 heteroatoms. The highest BCUT2D eigenvalue weighted by molar-refractivity contribution is 7.09. The molecular weight excluding hydrogens is 288 g/mol. The number of amidine groups is 1. The van der Waals surface area contributed by atoms with Gasteiger partial charge >= 0.3 is 0 Å². The van der Waals surface area contributed by atoms with Crippen molar-refractivity contribution < 1.29 is 9.94 Å². The summed E-state index contributed by atoms with van der Waals surface area (Å²) in [6.45, 7) is 2.71. The van der Waals surface area contributed by atoms with Crippen LogP contribution in [0.2, 0.25) is 0 Å². The van der Waals surface area contributed by atoms with E-state index < -0.39 is 0 Å². The normalized spacial score (nSPS) is 13.1. The number of benzene rings is 1. The maximum Gasteiger partial charge on any atom is 0.173 e. The minimum absolute atomic E-state index is 0.0293. The van der Waals surface area contributed by atoms with E-state index in [-0.39, 0.29) is 11.9 Å². The van der Waals surface area contributed by atoms with E-state index in [4.69, 9.17) is 15.7 Å². The molecule has 0 bridgehead atoms. The quantitative estimate of drug-likeness (QED) is 0.329. The fraction of sp³-hybridized carbons (Fsp3) is 0.286. The minimum Gasteiger partial charge on any atom is -0.496 e. The molecule has 6 nitrogen and oxygen atoms in total. The first-order valence-electron chi connectivity index (χ1n) is 6.43. The number of methoxy groups -OCH3 is 1. The van der Waals surface area contributed by atoms with Crippen molar-refractivity contribution in [1.82, 2.24) is 10.3 Å². The number of aromatic nitrogens is 1. The number of nitrogens with two attached hydrogens (primary N) is 1. The Morgan fingerprint density at radius 2 is 2.38 bits per heavy atom. The molecule has 0 spiro atoms. The summed E-state index contributed by atoms with van der Waals surface area (Å²) in [5, 5.41) is 18.2. The summed E-state index contributed by atoms with van der Waals surface area (Å²) in [4.78, 5) is 4.28. The molecule has 0 aliphatic heterocycles. The highest BCUT2D eigenvalue weighted by atomic mass is 32.1. The van der Waals surface area contributed by atoms with E-state index >= 15 is 0 Å². The van der Waals surface area contributed by atoms with Crippen LogP contribution in [-0.4, -0.2) is 23.1 Å². The average molecular weight is 306 g/mol. The lowest BCUT2D eigenvalue weighted by Crippen LogP contribution is -2.19. The molecule has 1 aromatic carbocycles. The molecule has 0 saturated carbocycles. The molecule has 0 fully saturated rings. The van der Waals surface area contributed by atoms with Crippen molar-refractivity contribution in [2.24, 2.45) is 10.9 Å². The molecule has 1 atom stereocenters. The molecule has 1 unspecified atom stereocenters. The van der Waals surface area contributed by atoms with E-state index in [0.717, 1.165) is 10.6 Å². The van der Waals surface area contributed by atoms with E-state index in [1.807, 2.05) is 17.5 Å². The van der Waals surface area contributed by atoms with E-state index in [1.54, 1.807) is 30.7 Å². The zero-order valence-electron chi connectivity index (χ0n) is 11.9. The van der Waals surface area contributed by atoms with Crippen molar-refractivity contribution in [3.8, 4) is 5.75 Å². The Kier molecular flexibility index (Phi) is 5.13. The Morgan fingerprint density at radius 1 is 1.57 bits per heavy atom. The second-order valence-electron chi connectivity index (χ2n) is 4.49. The molecule has 2 rings (SSSR count). The number of oxime groups is 1. The molecule has 21 heavy (non-hydrogen) atoms. The number of hydrogen-bond donors (Lipinski definition) is 3. The van der Waals surface area contributed by atoms with Crippen LogP contribution in [0.3, 0.4) is 0 Å². The molecule has 0 radical (unpaired) electrons. The topological polar surface area (TPSA) is 92.8 Å². The SMILES string of the molecule is COc1ccc(CNC(C)c2nccs2)cc1C(N)=NO. The van der Waals surface area contributed by atoms with E-state index in [0.29, 0.717) is 17.9 Å². The molecule has 2 aromatic rings. The van der Waals surface area contributed by atoms with Gasteiger partial charge in [-0.05, 0) is 24.6 Å².